The SMILES string of the molecule is Cc1ccc(-c2cccc(OC(F)(F)F)c2)cc1CC#N. The first-order valence-electron chi connectivity index (χ1n) is 6.22. The standard InChI is InChI=1S/C16H12F3NO/c1-11-5-6-14(9-12(11)7-8-20)13-3-2-4-15(10-13)21-16(17,18)19/h2-6,9-10H,7H2,1H3. The summed E-state index contributed by atoms with van der Waals surface area (Å²) in [5, 5.41) is 8.78. The second kappa shape index (κ2) is 5.88. The predicted octanol–water partition coefficient (Wildman–Crippen LogP) is 4.63. The summed E-state index contributed by atoms with van der Waals surface area (Å²) >= 11 is 0. The molecule has 108 valence electrons. The Balaban J connectivity index is 2.36. The van der Waals surface area contributed by atoms with Crippen LogP contribution >= 0.6 is 0 Å². The van der Waals surface area contributed by atoms with Crippen molar-refractivity contribution in [2.75, 3.05) is 0 Å². The summed E-state index contributed by atoms with van der Waals surface area (Å²) in [6.45, 7) is 1.89. The number of benzene rings is 2. The van der Waals surface area contributed by atoms with E-state index in [-0.39, 0.29) is 12.2 Å². The van der Waals surface area contributed by atoms with E-state index >= 15 is 0 Å². The van der Waals surface area contributed by atoms with Gasteiger partial charge in [0.15, 0.2) is 0 Å². The first-order valence-corrected chi connectivity index (χ1v) is 6.22. The maximum Gasteiger partial charge on any atom is 0.573 e. The predicted molar refractivity (Wildman–Crippen MR) is 72.6 cm³/mol. The van der Waals surface area contributed by atoms with Crippen LogP contribution in [0.25, 0.3) is 11.1 Å². The Morgan fingerprint density at radius 3 is 2.48 bits per heavy atom. The Morgan fingerprint density at radius 1 is 1.10 bits per heavy atom. The van der Waals surface area contributed by atoms with Gasteiger partial charge in [-0.25, -0.2) is 0 Å². The third-order valence-corrected chi connectivity index (χ3v) is 3.02. The molecule has 21 heavy (non-hydrogen) atoms. The van der Waals surface area contributed by atoms with Crippen LogP contribution in [0.4, 0.5) is 13.2 Å². The summed E-state index contributed by atoms with van der Waals surface area (Å²) in [7, 11) is 0. The van der Waals surface area contributed by atoms with Crippen LogP contribution in [0.3, 0.4) is 0 Å². The molecule has 2 aromatic rings. The first-order chi connectivity index (χ1) is 9.89. The molecular weight excluding hydrogens is 279 g/mol. The number of rotatable bonds is 3. The highest BCUT2D eigenvalue weighted by Crippen LogP contribution is 2.29. The summed E-state index contributed by atoms with van der Waals surface area (Å²) in [6.07, 6.45) is -4.45. The van der Waals surface area contributed by atoms with Crippen LogP contribution in [0.5, 0.6) is 5.75 Å². The van der Waals surface area contributed by atoms with Crippen LogP contribution in [0.2, 0.25) is 0 Å². The monoisotopic (exact) mass is 291 g/mol. The van der Waals surface area contributed by atoms with Crippen LogP contribution in [0, 0.1) is 18.3 Å². The number of ether oxygens (including phenoxy) is 1. The van der Waals surface area contributed by atoms with Crippen molar-refractivity contribution >= 4 is 0 Å². The van der Waals surface area contributed by atoms with E-state index in [1.54, 1.807) is 6.07 Å². The van der Waals surface area contributed by atoms with Gasteiger partial charge in [-0.3, -0.25) is 0 Å². The van der Waals surface area contributed by atoms with Crippen LogP contribution in [-0.2, 0) is 6.42 Å². The molecule has 0 spiro atoms. The molecule has 2 rings (SSSR count). The molecule has 0 radical (unpaired) electrons. The van der Waals surface area contributed by atoms with E-state index in [2.05, 4.69) is 10.8 Å². The van der Waals surface area contributed by atoms with Gasteiger partial charge in [0.1, 0.15) is 5.75 Å². The normalized spacial score (nSPS) is 11.0. The summed E-state index contributed by atoms with van der Waals surface area (Å²) < 4.78 is 40.6. The molecule has 2 aromatic carbocycles. The lowest BCUT2D eigenvalue weighted by Gasteiger charge is -2.11. The Morgan fingerprint density at radius 2 is 1.81 bits per heavy atom. The first kappa shape index (κ1) is 14.9. The minimum Gasteiger partial charge on any atom is -0.406 e. The zero-order valence-electron chi connectivity index (χ0n) is 11.2. The average molecular weight is 291 g/mol. The quantitative estimate of drug-likeness (QED) is 0.826. The lowest BCUT2D eigenvalue weighted by Crippen LogP contribution is -2.17. The van der Waals surface area contributed by atoms with Crippen molar-refractivity contribution < 1.29 is 17.9 Å². The third kappa shape index (κ3) is 3.99. The fourth-order valence-electron chi connectivity index (χ4n) is 2.00. The Labute approximate surface area is 120 Å². The topological polar surface area (TPSA) is 33.0 Å². The second-order valence-corrected chi connectivity index (χ2v) is 4.55. The molecule has 5 heteroatoms. The number of nitrogens with zero attached hydrogens (tertiary/aromatic N) is 1. The van der Waals surface area contributed by atoms with Gasteiger partial charge in [-0.1, -0.05) is 24.3 Å². The molecule has 0 saturated carbocycles. The maximum absolute atomic E-state index is 12.2. The number of hydrogen-bond donors (Lipinski definition) is 0. The Kier molecular flexibility index (Phi) is 4.18. The molecule has 0 aromatic heterocycles. The van der Waals surface area contributed by atoms with Gasteiger partial charge in [-0.15, -0.1) is 13.2 Å². The van der Waals surface area contributed by atoms with Gasteiger partial charge in [-0.2, -0.15) is 5.26 Å². The fraction of sp³-hybridized carbons (Fsp3) is 0.188. The Hall–Kier alpha value is -2.48. The van der Waals surface area contributed by atoms with Crippen molar-refractivity contribution in [3.05, 3.63) is 53.6 Å². The number of alkyl halides is 3. The van der Waals surface area contributed by atoms with Gasteiger partial charge in [0.25, 0.3) is 0 Å². The van der Waals surface area contributed by atoms with Crippen molar-refractivity contribution in [2.24, 2.45) is 0 Å². The summed E-state index contributed by atoms with van der Waals surface area (Å²) in [4.78, 5) is 0. The van der Waals surface area contributed by atoms with Crippen molar-refractivity contribution in [3.8, 4) is 22.9 Å². The molecule has 0 atom stereocenters. The van der Waals surface area contributed by atoms with E-state index in [1.165, 1.54) is 18.2 Å². The highest BCUT2D eigenvalue weighted by atomic mass is 19.4. The van der Waals surface area contributed by atoms with Crippen molar-refractivity contribution in [3.63, 3.8) is 0 Å². The molecule has 0 bridgehead atoms. The summed E-state index contributed by atoms with van der Waals surface area (Å²) in [6, 6.07) is 13.3. The van der Waals surface area contributed by atoms with Crippen LogP contribution < -0.4 is 4.74 Å². The Bertz CT molecular complexity index is 687. The van der Waals surface area contributed by atoms with Crippen molar-refractivity contribution in [1.82, 2.24) is 0 Å². The molecule has 0 N–H and O–H groups in total. The lowest BCUT2D eigenvalue weighted by molar-refractivity contribution is -0.274. The third-order valence-electron chi connectivity index (χ3n) is 3.02. The van der Waals surface area contributed by atoms with E-state index in [0.717, 1.165) is 16.7 Å². The molecule has 0 saturated heterocycles. The number of aryl methyl sites for hydroxylation is 1. The van der Waals surface area contributed by atoms with Gasteiger partial charge < -0.3 is 4.74 Å². The highest BCUT2D eigenvalue weighted by molar-refractivity contribution is 5.66. The zero-order valence-corrected chi connectivity index (χ0v) is 11.2. The van der Waals surface area contributed by atoms with Crippen molar-refractivity contribution in [2.45, 2.75) is 19.7 Å². The zero-order chi connectivity index (χ0) is 15.5. The fourth-order valence-corrected chi connectivity index (χ4v) is 2.00. The van der Waals surface area contributed by atoms with Gasteiger partial charge in [-0.05, 0) is 47.4 Å². The van der Waals surface area contributed by atoms with Gasteiger partial charge >= 0.3 is 6.36 Å². The van der Waals surface area contributed by atoms with E-state index in [9.17, 15) is 13.2 Å². The molecule has 2 nitrogen and oxygen atoms in total. The van der Waals surface area contributed by atoms with Crippen molar-refractivity contribution in [1.29, 1.82) is 5.26 Å². The van der Waals surface area contributed by atoms with Crippen LogP contribution in [-0.4, -0.2) is 6.36 Å². The molecule has 0 amide bonds. The van der Waals surface area contributed by atoms with Gasteiger partial charge in [0.2, 0.25) is 0 Å². The van der Waals surface area contributed by atoms with Crippen LogP contribution in [0.15, 0.2) is 42.5 Å². The lowest BCUT2D eigenvalue weighted by atomic mass is 9.98. The number of nitriles is 1. The molecule has 0 aliphatic heterocycles. The molecule has 0 fully saturated rings. The molecule has 0 aliphatic rings. The van der Waals surface area contributed by atoms with Gasteiger partial charge in [0, 0.05) is 0 Å². The number of hydrogen-bond acceptors (Lipinski definition) is 2. The minimum atomic E-state index is -4.71. The van der Waals surface area contributed by atoms with E-state index in [1.807, 2.05) is 25.1 Å². The number of halogens is 3. The maximum atomic E-state index is 12.2. The molecule has 0 heterocycles. The van der Waals surface area contributed by atoms with E-state index < -0.39 is 6.36 Å². The molecule has 0 unspecified atom stereocenters. The van der Waals surface area contributed by atoms with E-state index in [4.69, 9.17) is 5.26 Å². The highest BCUT2D eigenvalue weighted by Gasteiger charge is 2.31. The van der Waals surface area contributed by atoms with Crippen LogP contribution in [0.1, 0.15) is 11.1 Å². The minimum absolute atomic E-state index is 0.262. The molecule has 0 aliphatic carbocycles. The summed E-state index contributed by atoms with van der Waals surface area (Å²) in [5.41, 5.74) is 3.19. The van der Waals surface area contributed by atoms with E-state index in [0.29, 0.717) is 5.56 Å². The smallest absolute Gasteiger partial charge is 0.406 e. The average Bonchev–Trinajstić information content (AvgIpc) is 2.40. The second-order valence-electron chi connectivity index (χ2n) is 4.55. The summed E-state index contributed by atoms with van der Waals surface area (Å²) in [5.74, 6) is -0.262. The molecular formula is C16H12F3NO. The van der Waals surface area contributed by atoms with Gasteiger partial charge in [0.05, 0.1) is 12.5 Å². The largest absolute Gasteiger partial charge is 0.573 e.